The maximum absolute atomic E-state index is 12.0. The molecule has 0 spiro atoms. The van der Waals surface area contributed by atoms with Crippen LogP contribution < -0.4 is 10.1 Å². The number of amides is 1. The van der Waals surface area contributed by atoms with Crippen LogP contribution in [0.15, 0.2) is 54.6 Å². The third kappa shape index (κ3) is 6.37. The van der Waals surface area contributed by atoms with Crippen LogP contribution in [-0.2, 0) is 10.5 Å². The molecule has 0 radical (unpaired) electrons. The number of nitrogens with one attached hydrogen (secondary N) is 1. The fourth-order valence-corrected chi connectivity index (χ4v) is 2.86. The first-order valence-corrected chi connectivity index (χ1v) is 8.83. The van der Waals surface area contributed by atoms with Gasteiger partial charge in [0.25, 0.3) is 0 Å². The fourth-order valence-electron chi connectivity index (χ4n) is 1.99. The lowest BCUT2D eigenvalue weighted by Crippen LogP contribution is -2.34. The molecule has 0 aliphatic carbocycles. The lowest BCUT2D eigenvalue weighted by atomic mass is 10.2. The molecule has 2 aromatic rings. The molecule has 0 aliphatic heterocycles. The number of benzene rings is 2. The largest absolute Gasteiger partial charge is 0.492 e. The predicted octanol–water partition coefficient (Wildman–Crippen LogP) is 3.81. The summed E-state index contributed by atoms with van der Waals surface area (Å²) in [7, 11) is 0. The van der Waals surface area contributed by atoms with Crippen LogP contribution in [-0.4, -0.2) is 24.3 Å². The van der Waals surface area contributed by atoms with E-state index in [2.05, 4.69) is 17.4 Å². The van der Waals surface area contributed by atoms with E-state index in [1.165, 1.54) is 11.1 Å². The van der Waals surface area contributed by atoms with Crippen molar-refractivity contribution in [2.24, 2.45) is 0 Å². The number of hydrogen-bond donors (Lipinski definition) is 1. The molecule has 0 aromatic heterocycles. The van der Waals surface area contributed by atoms with Crippen molar-refractivity contribution in [2.45, 2.75) is 24.9 Å². The smallest absolute Gasteiger partial charge is 0.232 e. The quantitative estimate of drug-likeness (QED) is 0.748. The minimum absolute atomic E-state index is 0.0541. The average Bonchev–Trinajstić information content (AvgIpc) is 2.59. The summed E-state index contributed by atoms with van der Waals surface area (Å²) in [6.07, 6.45) is 0. The van der Waals surface area contributed by atoms with Gasteiger partial charge in [-0.2, -0.15) is 0 Å². The molecule has 122 valence electrons. The van der Waals surface area contributed by atoms with Gasteiger partial charge < -0.3 is 10.1 Å². The molecule has 4 heteroatoms. The van der Waals surface area contributed by atoms with Gasteiger partial charge in [-0.1, -0.05) is 48.0 Å². The van der Waals surface area contributed by atoms with E-state index in [0.717, 1.165) is 11.5 Å². The zero-order valence-electron chi connectivity index (χ0n) is 13.6. The van der Waals surface area contributed by atoms with E-state index in [4.69, 9.17) is 4.74 Å². The van der Waals surface area contributed by atoms with E-state index < -0.39 is 0 Å². The van der Waals surface area contributed by atoms with E-state index in [9.17, 15) is 4.79 Å². The minimum atomic E-state index is -0.0745. The highest BCUT2D eigenvalue weighted by atomic mass is 32.2. The van der Waals surface area contributed by atoms with Crippen molar-refractivity contribution in [3.63, 3.8) is 0 Å². The standard InChI is InChI=1S/C19H23NO2S/c1-15-8-10-18(11-9-15)22-13-12-20-19(21)16(2)23-14-17-6-4-3-5-7-17/h3-11,16H,12-14H2,1-2H3,(H,20,21). The second-order valence-electron chi connectivity index (χ2n) is 5.39. The van der Waals surface area contributed by atoms with Gasteiger partial charge in [0, 0.05) is 5.75 Å². The molecular weight excluding hydrogens is 306 g/mol. The van der Waals surface area contributed by atoms with E-state index in [0.29, 0.717) is 13.2 Å². The summed E-state index contributed by atoms with van der Waals surface area (Å²) in [6.45, 7) is 4.97. The summed E-state index contributed by atoms with van der Waals surface area (Å²) in [6, 6.07) is 18.1. The molecule has 0 aliphatic rings. The molecule has 2 rings (SSSR count). The Morgan fingerprint density at radius 3 is 2.52 bits per heavy atom. The van der Waals surface area contributed by atoms with Crippen LogP contribution >= 0.6 is 11.8 Å². The van der Waals surface area contributed by atoms with Gasteiger partial charge >= 0.3 is 0 Å². The van der Waals surface area contributed by atoms with Crippen molar-refractivity contribution in [1.29, 1.82) is 0 Å². The van der Waals surface area contributed by atoms with Crippen molar-refractivity contribution >= 4 is 17.7 Å². The van der Waals surface area contributed by atoms with Gasteiger partial charge in [0.1, 0.15) is 12.4 Å². The molecule has 0 bridgehead atoms. The summed E-state index contributed by atoms with van der Waals surface area (Å²) in [5.74, 6) is 1.73. The van der Waals surface area contributed by atoms with Gasteiger partial charge in [-0.05, 0) is 31.5 Å². The third-order valence-electron chi connectivity index (χ3n) is 3.40. The number of carbonyl (C=O) groups excluding carboxylic acids is 1. The van der Waals surface area contributed by atoms with E-state index in [-0.39, 0.29) is 11.2 Å². The molecule has 2 aromatic carbocycles. The zero-order chi connectivity index (χ0) is 16.5. The van der Waals surface area contributed by atoms with Gasteiger partial charge in [-0.3, -0.25) is 4.79 Å². The van der Waals surface area contributed by atoms with Crippen molar-refractivity contribution < 1.29 is 9.53 Å². The Balaban J connectivity index is 1.63. The van der Waals surface area contributed by atoms with Gasteiger partial charge in [0.2, 0.25) is 5.91 Å². The first-order chi connectivity index (χ1) is 11.1. The highest BCUT2D eigenvalue weighted by Crippen LogP contribution is 2.17. The average molecular weight is 329 g/mol. The summed E-state index contributed by atoms with van der Waals surface area (Å²) in [5.41, 5.74) is 2.44. The first kappa shape index (κ1) is 17.4. The highest BCUT2D eigenvalue weighted by molar-refractivity contribution is 7.99. The van der Waals surface area contributed by atoms with Crippen LogP contribution in [0.2, 0.25) is 0 Å². The Hall–Kier alpha value is -1.94. The Kier molecular flexibility index (Phi) is 7.01. The number of ether oxygens (including phenoxy) is 1. The maximum Gasteiger partial charge on any atom is 0.232 e. The van der Waals surface area contributed by atoms with Crippen LogP contribution in [0.5, 0.6) is 5.75 Å². The molecule has 0 saturated heterocycles. The number of aryl methyl sites for hydroxylation is 1. The normalized spacial score (nSPS) is 11.7. The van der Waals surface area contributed by atoms with Crippen LogP contribution in [0.4, 0.5) is 0 Å². The minimum Gasteiger partial charge on any atom is -0.492 e. The molecular formula is C19H23NO2S. The van der Waals surface area contributed by atoms with Crippen molar-refractivity contribution in [3.05, 3.63) is 65.7 Å². The van der Waals surface area contributed by atoms with Gasteiger partial charge in [0.15, 0.2) is 0 Å². The lowest BCUT2D eigenvalue weighted by Gasteiger charge is -2.12. The van der Waals surface area contributed by atoms with Crippen LogP contribution in [0.3, 0.4) is 0 Å². The van der Waals surface area contributed by atoms with E-state index in [1.807, 2.05) is 56.3 Å². The lowest BCUT2D eigenvalue weighted by molar-refractivity contribution is -0.120. The Bertz CT molecular complexity index is 599. The summed E-state index contributed by atoms with van der Waals surface area (Å²) >= 11 is 1.64. The van der Waals surface area contributed by atoms with E-state index >= 15 is 0 Å². The Labute approximate surface area is 142 Å². The molecule has 1 unspecified atom stereocenters. The molecule has 0 fully saturated rings. The molecule has 1 atom stereocenters. The highest BCUT2D eigenvalue weighted by Gasteiger charge is 2.12. The van der Waals surface area contributed by atoms with Crippen LogP contribution in [0.1, 0.15) is 18.1 Å². The zero-order valence-corrected chi connectivity index (χ0v) is 14.4. The molecule has 0 saturated carbocycles. The molecule has 3 nitrogen and oxygen atoms in total. The monoisotopic (exact) mass is 329 g/mol. The second kappa shape index (κ2) is 9.26. The van der Waals surface area contributed by atoms with Gasteiger partial charge in [-0.15, -0.1) is 11.8 Å². The van der Waals surface area contributed by atoms with Gasteiger partial charge in [-0.25, -0.2) is 0 Å². The van der Waals surface area contributed by atoms with Crippen molar-refractivity contribution in [1.82, 2.24) is 5.32 Å². The fraction of sp³-hybridized carbons (Fsp3) is 0.316. The molecule has 0 heterocycles. The van der Waals surface area contributed by atoms with Crippen molar-refractivity contribution in [3.8, 4) is 5.75 Å². The van der Waals surface area contributed by atoms with Crippen LogP contribution in [0.25, 0.3) is 0 Å². The van der Waals surface area contributed by atoms with Crippen LogP contribution in [0, 0.1) is 6.92 Å². The molecule has 1 amide bonds. The topological polar surface area (TPSA) is 38.3 Å². The number of hydrogen-bond acceptors (Lipinski definition) is 3. The predicted molar refractivity (Wildman–Crippen MR) is 96.9 cm³/mol. The third-order valence-corrected chi connectivity index (χ3v) is 4.62. The second-order valence-corrected chi connectivity index (χ2v) is 6.72. The number of rotatable bonds is 8. The van der Waals surface area contributed by atoms with Gasteiger partial charge in [0.05, 0.1) is 11.8 Å². The summed E-state index contributed by atoms with van der Waals surface area (Å²) in [5, 5.41) is 2.84. The first-order valence-electron chi connectivity index (χ1n) is 7.78. The summed E-state index contributed by atoms with van der Waals surface area (Å²) < 4.78 is 5.60. The SMILES string of the molecule is Cc1ccc(OCCNC(=O)C(C)SCc2ccccc2)cc1. The Morgan fingerprint density at radius 2 is 1.83 bits per heavy atom. The Morgan fingerprint density at radius 1 is 1.13 bits per heavy atom. The maximum atomic E-state index is 12.0. The molecule has 23 heavy (non-hydrogen) atoms. The number of carbonyl (C=O) groups is 1. The van der Waals surface area contributed by atoms with E-state index in [1.54, 1.807) is 11.8 Å². The molecule has 1 N–H and O–H groups in total. The van der Waals surface area contributed by atoms with Crippen molar-refractivity contribution in [2.75, 3.05) is 13.2 Å². The summed E-state index contributed by atoms with van der Waals surface area (Å²) in [4.78, 5) is 12.0. The number of thioether (sulfide) groups is 1.